The van der Waals surface area contributed by atoms with Gasteiger partial charge in [0.25, 0.3) is 5.56 Å². The number of aliphatic carboxylic acids is 1. The third-order valence-corrected chi connectivity index (χ3v) is 10.8. The van der Waals surface area contributed by atoms with E-state index in [1.54, 1.807) is 40.8 Å². The molecule has 6 rings (SSSR count). The number of aryl methyl sites for hydroxylation is 2. The topological polar surface area (TPSA) is 138 Å². The van der Waals surface area contributed by atoms with Crippen LogP contribution in [0.15, 0.2) is 89.9 Å². The van der Waals surface area contributed by atoms with Crippen LogP contribution in [0.2, 0.25) is 0 Å². The van der Waals surface area contributed by atoms with E-state index >= 15 is 0 Å². The Morgan fingerprint density at radius 3 is 2.02 bits per heavy atom. The average molecular weight is 871 g/mol. The number of benzene rings is 3. The van der Waals surface area contributed by atoms with Gasteiger partial charge < -0.3 is 19.9 Å². The van der Waals surface area contributed by atoms with E-state index in [-0.39, 0.29) is 66.2 Å². The van der Waals surface area contributed by atoms with Gasteiger partial charge in [-0.15, -0.1) is 0 Å². The van der Waals surface area contributed by atoms with Gasteiger partial charge in [0, 0.05) is 52.3 Å². The first kappa shape index (κ1) is 46.9. The number of alkyl halides is 5. The zero-order chi connectivity index (χ0) is 45.6. The number of likely N-dealkylation sites (N-methyl/N-ethyl adjacent to an activating group) is 1. The lowest BCUT2D eigenvalue weighted by Gasteiger charge is -2.44. The summed E-state index contributed by atoms with van der Waals surface area (Å²) in [7, 11) is 1.59. The fourth-order valence-electron chi connectivity index (χ4n) is 7.17. The molecule has 3 aromatic carbocycles. The second-order valence-corrected chi connectivity index (χ2v) is 15.4. The molecule has 0 spiro atoms. The molecule has 5 aromatic rings. The van der Waals surface area contributed by atoms with E-state index < -0.39 is 46.4 Å². The first-order valence-electron chi connectivity index (χ1n) is 19.5. The maximum absolute atomic E-state index is 14.6. The number of carboxylic acid groups (broad SMARTS) is 1. The van der Waals surface area contributed by atoms with E-state index in [2.05, 4.69) is 20.2 Å². The number of carbonyl (C=O) groups is 3. The molecule has 0 unspecified atom stereocenters. The molecule has 3 heterocycles. The third-order valence-electron chi connectivity index (χ3n) is 10.8. The minimum Gasteiger partial charge on any atom is -0.477 e. The quantitative estimate of drug-likeness (QED) is 0.125. The molecule has 2 N–H and O–H groups in total. The van der Waals surface area contributed by atoms with Gasteiger partial charge in [-0.05, 0) is 85.7 Å². The molecule has 2 aromatic heterocycles. The number of rotatable bonds is 12. The number of nitrogens with one attached hydrogen (secondary N) is 1. The molecule has 330 valence electrons. The summed E-state index contributed by atoms with van der Waals surface area (Å²) < 4.78 is 92.1. The molecule has 1 saturated heterocycles. The van der Waals surface area contributed by atoms with Crippen LogP contribution in [0, 0.1) is 11.6 Å². The highest BCUT2D eigenvalue weighted by molar-refractivity contribution is 5.85. The van der Waals surface area contributed by atoms with E-state index in [1.807, 2.05) is 26.0 Å². The summed E-state index contributed by atoms with van der Waals surface area (Å²) in [6.45, 7) is 5.05. The molecular weight excluding hydrogens is 826 g/mol. The summed E-state index contributed by atoms with van der Waals surface area (Å²) in [5.41, 5.74) is 0.347. The maximum atomic E-state index is 14.6. The number of aromatic nitrogens is 3. The molecule has 2 amide bonds. The number of carboxylic acids is 1. The van der Waals surface area contributed by atoms with Gasteiger partial charge in [-0.1, -0.05) is 48.5 Å². The van der Waals surface area contributed by atoms with Crippen molar-refractivity contribution in [1.82, 2.24) is 29.7 Å². The lowest BCUT2D eigenvalue weighted by Crippen LogP contribution is -2.58. The largest absolute Gasteiger partial charge is 0.477 e. The van der Waals surface area contributed by atoms with Crippen molar-refractivity contribution in [3.05, 3.63) is 130 Å². The molecule has 1 aliphatic rings. The number of hydrogen-bond acceptors (Lipinski definition) is 7. The summed E-state index contributed by atoms with van der Waals surface area (Å²) in [4.78, 5) is 62.2. The molecule has 62 heavy (non-hydrogen) atoms. The number of pyridine rings is 1. The van der Waals surface area contributed by atoms with E-state index in [0.29, 0.717) is 44.0 Å². The summed E-state index contributed by atoms with van der Waals surface area (Å²) in [5.74, 6) is -7.89. The molecule has 0 atom stereocenters. The van der Waals surface area contributed by atoms with Crippen LogP contribution in [0.1, 0.15) is 56.1 Å². The molecule has 11 nitrogen and oxygen atoms in total. The fraction of sp³-hybridized carbons (Fsp3) is 0.364. The van der Waals surface area contributed by atoms with Crippen molar-refractivity contribution in [2.75, 3.05) is 20.1 Å². The van der Waals surface area contributed by atoms with Gasteiger partial charge in [0.1, 0.15) is 18.0 Å². The summed E-state index contributed by atoms with van der Waals surface area (Å²) in [5, 5.41) is 10.4. The highest BCUT2D eigenvalue weighted by atomic mass is 19.4. The number of hydrogen-bond donors (Lipinski definition) is 2. The monoisotopic (exact) mass is 870 g/mol. The van der Waals surface area contributed by atoms with Gasteiger partial charge in [0.2, 0.25) is 11.8 Å². The molecule has 1 fully saturated rings. The van der Waals surface area contributed by atoms with Crippen molar-refractivity contribution in [3.8, 4) is 11.1 Å². The van der Waals surface area contributed by atoms with Crippen LogP contribution in [0.5, 0.6) is 0 Å². The Labute approximate surface area is 352 Å². The SMILES string of the molecule is CC(F)(F)C(=O)O.CNC(=O)C(C)(C)N1CCC(N(Cc2ccc(-c3ccc(C(F)(F)F)cc3)cc2)C(=O)Cn2c(CCc3cccc(F)c3F)nc(=O)c3cccnc32)CC1. The van der Waals surface area contributed by atoms with E-state index in [0.717, 1.165) is 23.8 Å². The van der Waals surface area contributed by atoms with Crippen LogP contribution in [0.25, 0.3) is 22.2 Å². The van der Waals surface area contributed by atoms with Crippen LogP contribution in [0.4, 0.5) is 30.7 Å². The Balaban J connectivity index is 0.000000955. The fourth-order valence-corrected chi connectivity index (χ4v) is 7.17. The Morgan fingerprint density at radius 2 is 1.45 bits per heavy atom. The van der Waals surface area contributed by atoms with Gasteiger partial charge in [-0.25, -0.2) is 18.6 Å². The predicted octanol–water partition coefficient (Wildman–Crippen LogP) is 7.28. The van der Waals surface area contributed by atoms with Crippen molar-refractivity contribution in [3.63, 3.8) is 0 Å². The Bertz CT molecular complexity index is 2450. The van der Waals surface area contributed by atoms with Gasteiger partial charge in [-0.2, -0.15) is 26.9 Å². The van der Waals surface area contributed by atoms with Crippen molar-refractivity contribution in [2.45, 2.75) is 83.2 Å². The third kappa shape index (κ3) is 11.2. The normalized spacial score (nSPS) is 13.9. The molecule has 0 aliphatic carbocycles. The van der Waals surface area contributed by atoms with Crippen molar-refractivity contribution < 1.29 is 50.2 Å². The van der Waals surface area contributed by atoms with Crippen LogP contribution in [0.3, 0.4) is 0 Å². The van der Waals surface area contributed by atoms with Crippen LogP contribution >= 0.6 is 0 Å². The summed E-state index contributed by atoms with van der Waals surface area (Å²) in [6, 6.07) is 18.9. The minimum absolute atomic E-state index is 0.0111. The molecule has 1 aliphatic heterocycles. The molecule has 18 heteroatoms. The number of likely N-dealkylation sites (tertiary alicyclic amines) is 1. The first-order valence-corrected chi connectivity index (χ1v) is 19.5. The summed E-state index contributed by atoms with van der Waals surface area (Å²) >= 11 is 0. The van der Waals surface area contributed by atoms with Gasteiger partial charge in [0.05, 0.1) is 16.5 Å². The Hall–Kier alpha value is -6.17. The highest BCUT2D eigenvalue weighted by Gasteiger charge is 2.38. The van der Waals surface area contributed by atoms with Gasteiger partial charge >= 0.3 is 18.1 Å². The van der Waals surface area contributed by atoms with Crippen LogP contribution in [-0.4, -0.2) is 84.9 Å². The number of piperidine rings is 1. The average Bonchev–Trinajstić information content (AvgIpc) is 3.24. The van der Waals surface area contributed by atoms with Crippen molar-refractivity contribution in [1.29, 1.82) is 0 Å². The van der Waals surface area contributed by atoms with E-state index in [4.69, 9.17) is 5.11 Å². The lowest BCUT2D eigenvalue weighted by atomic mass is 9.94. The Kier molecular flexibility index (Phi) is 14.6. The summed E-state index contributed by atoms with van der Waals surface area (Å²) in [6.07, 6.45) is -1.80. The molecule has 0 bridgehead atoms. The molecule has 0 saturated carbocycles. The lowest BCUT2D eigenvalue weighted by molar-refractivity contribution is -0.162. The number of amides is 2. The second kappa shape index (κ2) is 19.3. The van der Waals surface area contributed by atoms with E-state index in [1.165, 1.54) is 30.5 Å². The van der Waals surface area contributed by atoms with E-state index in [9.17, 15) is 49.9 Å². The van der Waals surface area contributed by atoms with Gasteiger partial charge in [0.15, 0.2) is 11.6 Å². The number of carbonyl (C=O) groups excluding carboxylic acids is 2. The Morgan fingerprint density at radius 1 is 0.855 bits per heavy atom. The predicted molar refractivity (Wildman–Crippen MR) is 216 cm³/mol. The number of halogens is 7. The minimum atomic E-state index is -4.44. The van der Waals surface area contributed by atoms with Crippen LogP contribution in [-0.2, 0) is 46.5 Å². The maximum Gasteiger partial charge on any atom is 0.416 e. The molecule has 0 radical (unpaired) electrons. The zero-order valence-electron chi connectivity index (χ0n) is 34.3. The smallest absolute Gasteiger partial charge is 0.416 e. The van der Waals surface area contributed by atoms with Crippen LogP contribution < -0.4 is 10.9 Å². The molecular formula is C44H45F7N6O5. The zero-order valence-corrected chi connectivity index (χ0v) is 34.3. The number of fused-ring (bicyclic) bond motifs is 1. The standard InChI is InChI=1S/C41H41F5N6O3.C3H4F2O2/c1-40(2,39(55)47-3)50-22-19-31(20-23-50)51(24-26-9-11-27(12-10-26)28-13-16-30(17-14-28)41(44,45)46)35(53)25-52-34(18-15-29-6-4-8-33(42)36(29)43)49-38(54)32-7-5-21-48-37(32)52;1-3(4,5)2(6)7/h4-14,16-17,21,31H,15,18-20,22-25H2,1-3H3,(H,47,55);1H3,(H,6,7). The second-order valence-electron chi connectivity index (χ2n) is 15.4. The van der Waals surface area contributed by atoms with Gasteiger partial charge in [-0.3, -0.25) is 19.3 Å². The first-order chi connectivity index (χ1) is 29.1. The highest BCUT2D eigenvalue weighted by Crippen LogP contribution is 2.32. The van der Waals surface area contributed by atoms with Crippen molar-refractivity contribution >= 4 is 28.8 Å². The van der Waals surface area contributed by atoms with Crippen molar-refractivity contribution in [2.24, 2.45) is 0 Å². The number of nitrogens with zero attached hydrogens (tertiary/aromatic N) is 5.